The second-order valence-corrected chi connectivity index (χ2v) is 7.91. The Bertz CT molecular complexity index is 1020. The number of esters is 1. The maximum Gasteiger partial charge on any atom is 0.351 e. The molecule has 1 N–H and O–H groups in total. The Morgan fingerprint density at radius 3 is 2.57 bits per heavy atom. The van der Waals surface area contributed by atoms with Crippen molar-refractivity contribution in [2.24, 2.45) is 0 Å². The van der Waals surface area contributed by atoms with Crippen LogP contribution in [0.15, 0.2) is 48.5 Å². The molecule has 3 aromatic rings. The van der Waals surface area contributed by atoms with Crippen LogP contribution >= 0.6 is 22.9 Å². The molecule has 7 heteroatoms. The van der Waals surface area contributed by atoms with Gasteiger partial charge in [-0.05, 0) is 38.5 Å². The van der Waals surface area contributed by atoms with Crippen LogP contribution < -0.4 is 5.32 Å². The van der Waals surface area contributed by atoms with Crippen molar-refractivity contribution in [1.29, 1.82) is 0 Å². The number of ether oxygens (including phenoxy) is 1. The summed E-state index contributed by atoms with van der Waals surface area (Å²) in [7, 11) is 0. The van der Waals surface area contributed by atoms with E-state index in [1.165, 1.54) is 18.3 Å². The van der Waals surface area contributed by atoms with Gasteiger partial charge in [-0.2, -0.15) is 0 Å². The molecule has 0 bridgehead atoms. The molecule has 2 aromatic carbocycles. The Morgan fingerprint density at radius 1 is 1.14 bits per heavy atom. The lowest BCUT2D eigenvalue weighted by Gasteiger charge is -2.15. The Hall–Kier alpha value is -2.70. The summed E-state index contributed by atoms with van der Waals surface area (Å²) in [6, 6.07) is 14.6. The third-order valence-electron chi connectivity index (χ3n) is 4.08. The second-order valence-electron chi connectivity index (χ2n) is 6.27. The second kappa shape index (κ2) is 8.54. The predicted molar refractivity (Wildman–Crippen MR) is 112 cm³/mol. The van der Waals surface area contributed by atoms with E-state index in [4.69, 9.17) is 16.3 Å². The van der Waals surface area contributed by atoms with Crippen LogP contribution in [0.4, 0.5) is 5.69 Å². The fourth-order valence-electron chi connectivity index (χ4n) is 2.59. The van der Waals surface area contributed by atoms with Crippen LogP contribution in [0.2, 0.25) is 5.02 Å². The molecule has 1 heterocycles. The molecule has 0 spiro atoms. The average molecular weight is 415 g/mol. The van der Waals surface area contributed by atoms with Crippen LogP contribution in [-0.4, -0.2) is 23.0 Å². The SMILES string of the molecule is Cc1nc(-c2ccccc2)c(C(=O)O[C@@H](C)C(=O)Nc2cc(Cl)ccc2C)s1. The number of halogens is 1. The number of nitrogens with zero attached hydrogens (tertiary/aromatic N) is 1. The van der Waals surface area contributed by atoms with Crippen LogP contribution in [0.25, 0.3) is 11.3 Å². The van der Waals surface area contributed by atoms with E-state index >= 15 is 0 Å². The van der Waals surface area contributed by atoms with Crippen molar-refractivity contribution in [3.05, 3.63) is 69.0 Å². The summed E-state index contributed by atoms with van der Waals surface area (Å²) in [5.74, 6) is -1.00. The van der Waals surface area contributed by atoms with Gasteiger partial charge in [0.1, 0.15) is 4.88 Å². The quantitative estimate of drug-likeness (QED) is 0.578. The van der Waals surface area contributed by atoms with Gasteiger partial charge in [-0.1, -0.05) is 48.0 Å². The van der Waals surface area contributed by atoms with Crippen LogP contribution in [0.3, 0.4) is 0 Å². The van der Waals surface area contributed by atoms with Gasteiger partial charge in [0.25, 0.3) is 5.91 Å². The number of hydrogen-bond acceptors (Lipinski definition) is 5. The average Bonchev–Trinajstić information content (AvgIpc) is 3.07. The van der Waals surface area contributed by atoms with Crippen LogP contribution in [0.5, 0.6) is 0 Å². The molecule has 28 heavy (non-hydrogen) atoms. The molecule has 0 aliphatic heterocycles. The maximum atomic E-state index is 12.7. The van der Waals surface area contributed by atoms with Gasteiger partial charge in [0, 0.05) is 16.3 Å². The Morgan fingerprint density at radius 2 is 1.86 bits per heavy atom. The lowest BCUT2D eigenvalue weighted by atomic mass is 10.1. The van der Waals surface area contributed by atoms with Gasteiger partial charge in [0.2, 0.25) is 0 Å². The van der Waals surface area contributed by atoms with Gasteiger partial charge in [0.15, 0.2) is 6.10 Å². The third kappa shape index (κ3) is 4.58. The first-order chi connectivity index (χ1) is 13.3. The van der Waals surface area contributed by atoms with Crippen molar-refractivity contribution in [3.63, 3.8) is 0 Å². The first-order valence-electron chi connectivity index (χ1n) is 8.66. The Labute approximate surface area is 172 Å². The molecule has 144 valence electrons. The van der Waals surface area contributed by atoms with Gasteiger partial charge in [-0.25, -0.2) is 9.78 Å². The van der Waals surface area contributed by atoms with E-state index in [0.717, 1.165) is 16.1 Å². The van der Waals surface area contributed by atoms with Crippen molar-refractivity contribution < 1.29 is 14.3 Å². The minimum atomic E-state index is -0.975. The zero-order valence-electron chi connectivity index (χ0n) is 15.7. The number of thiazole rings is 1. The molecule has 0 aliphatic carbocycles. The number of carbonyl (C=O) groups is 2. The fraction of sp³-hybridized carbons (Fsp3) is 0.190. The molecular formula is C21H19ClN2O3S. The fourth-order valence-corrected chi connectivity index (χ4v) is 3.58. The van der Waals surface area contributed by atoms with Crippen molar-refractivity contribution in [2.45, 2.75) is 26.9 Å². The number of nitrogens with one attached hydrogen (secondary N) is 1. The normalized spacial score (nSPS) is 11.7. The maximum absolute atomic E-state index is 12.7. The Kier molecular flexibility index (Phi) is 6.11. The number of aryl methyl sites for hydroxylation is 2. The standard InChI is InChI=1S/C21H19ClN2O3S/c1-12-9-10-16(22)11-17(12)24-20(25)13(2)27-21(26)19-18(23-14(3)28-19)15-7-5-4-6-8-15/h4-11,13H,1-3H3,(H,24,25)/t13-/m0/s1. The van der Waals surface area contributed by atoms with E-state index in [9.17, 15) is 9.59 Å². The van der Waals surface area contributed by atoms with Gasteiger partial charge < -0.3 is 10.1 Å². The van der Waals surface area contributed by atoms with Gasteiger partial charge >= 0.3 is 5.97 Å². The summed E-state index contributed by atoms with van der Waals surface area (Å²) >= 11 is 7.22. The zero-order chi connectivity index (χ0) is 20.3. The molecular weight excluding hydrogens is 396 g/mol. The van der Waals surface area contributed by atoms with Gasteiger partial charge in [-0.3, -0.25) is 4.79 Å². The van der Waals surface area contributed by atoms with E-state index in [1.807, 2.05) is 44.2 Å². The van der Waals surface area contributed by atoms with Gasteiger partial charge in [0.05, 0.1) is 10.7 Å². The van der Waals surface area contributed by atoms with E-state index < -0.39 is 18.0 Å². The summed E-state index contributed by atoms with van der Waals surface area (Å²) in [4.78, 5) is 30.0. The molecule has 0 fully saturated rings. The highest BCUT2D eigenvalue weighted by Gasteiger charge is 2.24. The number of hydrogen-bond donors (Lipinski definition) is 1. The number of anilines is 1. The molecule has 0 saturated carbocycles. The first-order valence-corrected chi connectivity index (χ1v) is 9.85. The molecule has 1 atom stereocenters. The van der Waals surface area contributed by atoms with E-state index in [0.29, 0.717) is 21.3 Å². The summed E-state index contributed by atoms with van der Waals surface area (Å²) in [5.41, 5.74) is 2.83. The van der Waals surface area contributed by atoms with Crippen molar-refractivity contribution in [1.82, 2.24) is 4.98 Å². The highest BCUT2D eigenvalue weighted by Crippen LogP contribution is 2.29. The molecule has 5 nitrogen and oxygen atoms in total. The zero-order valence-corrected chi connectivity index (χ0v) is 17.2. The summed E-state index contributed by atoms with van der Waals surface area (Å²) in [6.45, 7) is 5.21. The predicted octanol–water partition coefficient (Wildman–Crippen LogP) is 5.26. The number of amides is 1. The largest absolute Gasteiger partial charge is 0.448 e. The first kappa shape index (κ1) is 20.0. The van der Waals surface area contributed by atoms with E-state index in [2.05, 4.69) is 10.3 Å². The van der Waals surface area contributed by atoms with Crippen LogP contribution in [0, 0.1) is 13.8 Å². The van der Waals surface area contributed by atoms with E-state index in [1.54, 1.807) is 18.2 Å². The lowest BCUT2D eigenvalue weighted by Crippen LogP contribution is -2.30. The molecule has 1 amide bonds. The van der Waals surface area contributed by atoms with Crippen molar-refractivity contribution in [2.75, 3.05) is 5.32 Å². The number of aromatic nitrogens is 1. The molecule has 0 radical (unpaired) electrons. The van der Waals surface area contributed by atoms with Crippen LogP contribution in [0.1, 0.15) is 27.2 Å². The van der Waals surface area contributed by atoms with Gasteiger partial charge in [-0.15, -0.1) is 11.3 Å². The summed E-state index contributed by atoms with van der Waals surface area (Å²) in [6.07, 6.45) is -0.975. The molecule has 3 rings (SSSR count). The third-order valence-corrected chi connectivity index (χ3v) is 5.26. The number of rotatable bonds is 5. The Balaban J connectivity index is 1.74. The van der Waals surface area contributed by atoms with Crippen LogP contribution in [-0.2, 0) is 9.53 Å². The molecule has 0 aliphatic rings. The summed E-state index contributed by atoms with van der Waals surface area (Å²) in [5, 5.41) is 4.01. The smallest absolute Gasteiger partial charge is 0.351 e. The topological polar surface area (TPSA) is 68.3 Å². The molecule has 0 saturated heterocycles. The highest BCUT2D eigenvalue weighted by atomic mass is 35.5. The lowest BCUT2D eigenvalue weighted by molar-refractivity contribution is -0.123. The van der Waals surface area contributed by atoms with Crippen molar-refractivity contribution in [3.8, 4) is 11.3 Å². The van der Waals surface area contributed by atoms with Crippen molar-refractivity contribution >= 4 is 40.5 Å². The van der Waals surface area contributed by atoms with E-state index in [-0.39, 0.29) is 0 Å². The number of benzene rings is 2. The summed E-state index contributed by atoms with van der Waals surface area (Å²) < 4.78 is 5.40. The minimum absolute atomic E-state index is 0.377. The highest BCUT2D eigenvalue weighted by molar-refractivity contribution is 7.14. The minimum Gasteiger partial charge on any atom is -0.448 e. The number of carbonyl (C=O) groups excluding carboxylic acids is 2. The molecule has 0 unspecified atom stereocenters. The monoisotopic (exact) mass is 414 g/mol. The molecule has 1 aromatic heterocycles.